The maximum absolute atomic E-state index is 11.8. The van der Waals surface area contributed by atoms with Gasteiger partial charge in [0.25, 0.3) is 0 Å². The van der Waals surface area contributed by atoms with Gasteiger partial charge in [-0.05, 0) is 19.6 Å². The fourth-order valence-corrected chi connectivity index (χ4v) is 4.13. The van der Waals surface area contributed by atoms with Crippen LogP contribution in [-0.2, 0) is 47.3 Å². The lowest BCUT2D eigenvalue weighted by molar-refractivity contribution is -0.252. The van der Waals surface area contributed by atoms with E-state index in [2.05, 4.69) is 6.58 Å². The first-order valence-electron chi connectivity index (χ1n) is 9.87. The Labute approximate surface area is 183 Å². The Morgan fingerprint density at radius 3 is 1.65 bits per heavy atom. The fraction of sp³-hybridized carbons (Fsp3) is 0.700. The predicted octanol–water partition coefficient (Wildman–Crippen LogP) is 1.87. The molecule has 1 heterocycles. The summed E-state index contributed by atoms with van der Waals surface area (Å²) in [6.45, 7) is 14.3. The van der Waals surface area contributed by atoms with E-state index in [4.69, 9.17) is 28.1 Å². The second-order valence-corrected chi connectivity index (χ2v) is 12.6. The first kappa shape index (κ1) is 26.6. The molecule has 1 fully saturated rings. The third kappa shape index (κ3) is 9.51. The SMILES string of the molecule is C=C(C[C@@H]1O[C@H](COC(C)=O)[C@@H](OC(C)=O)[C@H](OC(C)=O)[C@H]1OC(C)=O)O[Si](C)(C)C. The average Bonchev–Trinajstić information content (AvgIpc) is 2.55. The second-order valence-electron chi connectivity index (χ2n) is 8.19. The van der Waals surface area contributed by atoms with E-state index < -0.39 is 62.7 Å². The van der Waals surface area contributed by atoms with Crippen molar-refractivity contribution in [3.63, 3.8) is 0 Å². The molecular weight excluding hydrogens is 428 g/mol. The van der Waals surface area contributed by atoms with E-state index in [9.17, 15) is 19.2 Å². The minimum Gasteiger partial charge on any atom is -0.548 e. The van der Waals surface area contributed by atoms with Crippen LogP contribution in [0, 0.1) is 0 Å². The van der Waals surface area contributed by atoms with Gasteiger partial charge in [0.1, 0.15) is 18.8 Å². The first-order chi connectivity index (χ1) is 14.2. The summed E-state index contributed by atoms with van der Waals surface area (Å²) < 4.78 is 33.1. The summed E-state index contributed by atoms with van der Waals surface area (Å²) in [7, 11) is -1.97. The van der Waals surface area contributed by atoms with E-state index in [1.54, 1.807) is 0 Å². The molecule has 0 bridgehead atoms. The van der Waals surface area contributed by atoms with Gasteiger partial charge in [0, 0.05) is 34.1 Å². The lowest BCUT2D eigenvalue weighted by Gasteiger charge is -2.44. The lowest BCUT2D eigenvalue weighted by atomic mass is 9.92. The van der Waals surface area contributed by atoms with Gasteiger partial charge in [0.2, 0.25) is 8.32 Å². The molecule has 11 heteroatoms. The van der Waals surface area contributed by atoms with Crippen LogP contribution in [0.15, 0.2) is 12.3 Å². The zero-order chi connectivity index (χ0) is 23.9. The maximum Gasteiger partial charge on any atom is 0.303 e. The summed E-state index contributed by atoms with van der Waals surface area (Å²) in [5, 5.41) is 0. The third-order valence-corrected chi connectivity index (χ3v) is 4.87. The number of rotatable bonds is 9. The van der Waals surface area contributed by atoms with Gasteiger partial charge in [-0.1, -0.05) is 6.58 Å². The standard InChI is InChI=1S/C20H32O10Si/c1-11(30-31(6,7)8)9-16-18(26-13(3)22)20(28-15(5)24)19(27-14(4)23)17(29-16)10-25-12(2)21/h16-20H,1,9-10H2,2-8H3/t16-,17+,18-,19+,20+/m0/s1. The molecule has 0 radical (unpaired) electrons. The van der Waals surface area contributed by atoms with Crippen LogP contribution in [-0.4, -0.2) is 69.3 Å². The van der Waals surface area contributed by atoms with Crippen molar-refractivity contribution in [3.05, 3.63) is 12.3 Å². The topological polar surface area (TPSA) is 124 Å². The minimum atomic E-state index is -1.97. The van der Waals surface area contributed by atoms with Crippen LogP contribution in [0.2, 0.25) is 19.6 Å². The molecule has 0 aromatic rings. The summed E-state index contributed by atoms with van der Waals surface area (Å²) in [6.07, 6.45) is -5.19. The van der Waals surface area contributed by atoms with Gasteiger partial charge >= 0.3 is 23.9 Å². The molecule has 0 saturated carbocycles. The highest BCUT2D eigenvalue weighted by Gasteiger charge is 2.52. The molecule has 0 amide bonds. The van der Waals surface area contributed by atoms with Gasteiger partial charge < -0.3 is 28.1 Å². The van der Waals surface area contributed by atoms with Crippen molar-refractivity contribution in [2.75, 3.05) is 6.61 Å². The number of ether oxygens (including phenoxy) is 5. The fourth-order valence-electron chi connectivity index (χ4n) is 3.18. The smallest absolute Gasteiger partial charge is 0.303 e. The van der Waals surface area contributed by atoms with E-state index in [0.29, 0.717) is 5.76 Å². The van der Waals surface area contributed by atoms with E-state index in [1.807, 2.05) is 19.6 Å². The normalized spacial score (nSPS) is 25.7. The molecule has 10 nitrogen and oxygen atoms in total. The Morgan fingerprint density at radius 1 is 0.774 bits per heavy atom. The molecule has 0 N–H and O–H groups in total. The molecule has 1 rings (SSSR count). The van der Waals surface area contributed by atoms with Gasteiger partial charge in [-0.2, -0.15) is 0 Å². The third-order valence-electron chi connectivity index (χ3n) is 3.97. The highest BCUT2D eigenvalue weighted by Crippen LogP contribution is 2.32. The van der Waals surface area contributed by atoms with E-state index >= 15 is 0 Å². The monoisotopic (exact) mass is 460 g/mol. The largest absolute Gasteiger partial charge is 0.548 e. The molecule has 0 aliphatic carbocycles. The van der Waals surface area contributed by atoms with Crippen molar-refractivity contribution in [2.24, 2.45) is 0 Å². The molecule has 1 aliphatic heterocycles. The number of hydrogen-bond donors (Lipinski definition) is 0. The summed E-state index contributed by atoms with van der Waals surface area (Å²) in [4.78, 5) is 46.6. The van der Waals surface area contributed by atoms with E-state index in [-0.39, 0.29) is 13.0 Å². The number of carbonyl (C=O) groups is 4. The Kier molecular flexibility index (Phi) is 9.69. The molecule has 31 heavy (non-hydrogen) atoms. The van der Waals surface area contributed by atoms with Crippen molar-refractivity contribution in [3.8, 4) is 0 Å². The first-order valence-corrected chi connectivity index (χ1v) is 13.3. The van der Waals surface area contributed by atoms with Crippen molar-refractivity contribution in [2.45, 2.75) is 84.3 Å². The summed E-state index contributed by atoms with van der Waals surface area (Å²) in [5.41, 5.74) is 0. The van der Waals surface area contributed by atoms with Gasteiger partial charge in [0.05, 0.1) is 5.76 Å². The van der Waals surface area contributed by atoms with Crippen LogP contribution in [0.4, 0.5) is 0 Å². The molecule has 0 unspecified atom stereocenters. The number of hydrogen-bond acceptors (Lipinski definition) is 10. The van der Waals surface area contributed by atoms with E-state index in [1.165, 1.54) is 27.7 Å². The van der Waals surface area contributed by atoms with E-state index in [0.717, 1.165) is 0 Å². The summed E-state index contributed by atoms with van der Waals surface area (Å²) in [5.74, 6) is -2.17. The van der Waals surface area contributed by atoms with Crippen LogP contribution in [0.5, 0.6) is 0 Å². The second kappa shape index (κ2) is 11.3. The lowest BCUT2D eigenvalue weighted by Crippen LogP contribution is -2.62. The van der Waals surface area contributed by atoms with Gasteiger partial charge in [0.15, 0.2) is 18.3 Å². The van der Waals surface area contributed by atoms with Gasteiger partial charge in [-0.25, -0.2) is 0 Å². The van der Waals surface area contributed by atoms with Crippen molar-refractivity contribution in [1.29, 1.82) is 0 Å². The maximum atomic E-state index is 11.8. The predicted molar refractivity (Wildman–Crippen MR) is 110 cm³/mol. The Bertz CT molecular complexity index is 699. The Morgan fingerprint density at radius 2 is 1.23 bits per heavy atom. The Balaban J connectivity index is 3.32. The average molecular weight is 461 g/mol. The van der Waals surface area contributed by atoms with Crippen LogP contribution in [0.1, 0.15) is 34.1 Å². The minimum absolute atomic E-state index is 0.114. The highest BCUT2D eigenvalue weighted by atomic mass is 28.4. The molecule has 0 spiro atoms. The number of esters is 4. The Hall–Kier alpha value is -2.40. The molecule has 0 aromatic heterocycles. The molecule has 0 aromatic carbocycles. The summed E-state index contributed by atoms with van der Waals surface area (Å²) >= 11 is 0. The van der Waals surface area contributed by atoms with Crippen LogP contribution < -0.4 is 0 Å². The molecule has 1 saturated heterocycles. The van der Waals surface area contributed by atoms with Gasteiger partial charge in [-0.3, -0.25) is 19.2 Å². The van der Waals surface area contributed by atoms with Crippen molar-refractivity contribution < 1.29 is 47.3 Å². The van der Waals surface area contributed by atoms with Crippen LogP contribution in [0.25, 0.3) is 0 Å². The zero-order valence-electron chi connectivity index (χ0n) is 19.1. The molecule has 1 aliphatic rings. The molecular formula is C20H32O10Si. The van der Waals surface area contributed by atoms with Gasteiger partial charge in [-0.15, -0.1) is 0 Å². The van der Waals surface area contributed by atoms with Crippen LogP contribution >= 0.6 is 0 Å². The molecule has 5 atom stereocenters. The van der Waals surface area contributed by atoms with Crippen molar-refractivity contribution >= 4 is 32.2 Å². The number of carbonyl (C=O) groups excluding carboxylic acids is 4. The molecule has 176 valence electrons. The quantitative estimate of drug-likeness (QED) is 0.218. The van der Waals surface area contributed by atoms with Crippen molar-refractivity contribution in [1.82, 2.24) is 0 Å². The highest BCUT2D eigenvalue weighted by molar-refractivity contribution is 6.70. The van der Waals surface area contributed by atoms with Crippen LogP contribution in [0.3, 0.4) is 0 Å². The zero-order valence-corrected chi connectivity index (χ0v) is 20.1. The summed E-state index contributed by atoms with van der Waals surface area (Å²) in [6, 6.07) is 0.